The zero-order chi connectivity index (χ0) is 19.2. The fourth-order valence-corrected chi connectivity index (χ4v) is 2.92. The molecule has 0 radical (unpaired) electrons. The third kappa shape index (κ3) is 4.55. The number of nitriles is 1. The first kappa shape index (κ1) is 18.7. The van der Waals surface area contributed by atoms with Gasteiger partial charge in [-0.05, 0) is 56.5 Å². The van der Waals surface area contributed by atoms with Gasteiger partial charge in [-0.15, -0.1) is 0 Å². The van der Waals surface area contributed by atoms with Gasteiger partial charge in [0.05, 0.1) is 23.2 Å². The van der Waals surface area contributed by atoms with Crippen LogP contribution in [-0.2, 0) is 13.0 Å². The van der Waals surface area contributed by atoms with Gasteiger partial charge >= 0.3 is 0 Å². The molecule has 0 bridgehead atoms. The Balaban J connectivity index is 1.77. The molecule has 0 saturated carbocycles. The summed E-state index contributed by atoms with van der Waals surface area (Å²) in [6.45, 7) is 3.88. The van der Waals surface area contributed by atoms with E-state index in [2.05, 4.69) is 11.2 Å². The van der Waals surface area contributed by atoms with Crippen molar-refractivity contribution >= 4 is 0 Å². The molecule has 0 fully saturated rings. The Morgan fingerprint density at radius 2 is 1.85 bits per heavy atom. The molecule has 0 saturated heterocycles. The van der Waals surface area contributed by atoms with Gasteiger partial charge in [0.25, 0.3) is 0 Å². The highest BCUT2D eigenvalue weighted by molar-refractivity contribution is 5.43. The van der Waals surface area contributed by atoms with Crippen LogP contribution in [0.15, 0.2) is 54.6 Å². The number of hydrogen-bond donors (Lipinski definition) is 1. The van der Waals surface area contributed by atoms with Gasteiger partial charge in [-0.1, -0.05) is 30.3 Å². The number of ether oxygens (including phenoxy) is 1. The number of para-hydroxylation sites is 1. The summed E-state index contributed by atoms with van der Waals surface area (Å²) in [5, 5.41) is 23.4. The van der Waals surface area contributed by atoms with Crippen molar-refractivity contribution in [1.29, 1.82) is 5.26 Å². The highest BCUT2D eigenvalue weighted by Crippen LogP contribution is 2.21. The Morgan fingerprint density at radius 3 is 2.48 bits per heavy atom. The van der Waals surface area contributed by atoms with Gasteiger partial charge < -0.3 is 9.84 Å². The van der Waals surface area contributed by atoms with Crippen LogP contribution in [0.4, 0.5) is 0 Å². The largest absolute Gasteiger partial charge is 0.487 e. The van der Waals surface area contributed by atoms with Crippen molar-refractivity contribution in [2.75, 3.05) is 0 Å². The number of aromatic nitrogens is 2. The normalized spacial score (nSPS) is 11.8. The zero-order valence-electron chi connectivity index (χ0n) is 15.6. The molecule has 0 aliphatic rings. The zero-order valence-corrected chi connectivity index (χ0v) is 15.6. The second-order valence-corrected chi connectivity index (χ2v) is 6.59. The highest BCUT2D eigenvalue weighted by atomic mass is 16.5. The lowest BCUT2D eigenvalue weighted by molar-refractivity contribution is 0.185. The molecule has 138 valence electrons. The van der Waals surface area contributed by atoms with Crippen LogP contribution in [0.25, 0.3) is 5.69 Å². The standard InChI is InChI=1S/C22H23N3O2/c1-16(26)8-9-18-10-12-20(13-11-18)27-15-22-21(14-23)17(2)24-25(22)19-6-4-3-5-7-19/h3-7,10-13,16,26H,8-9,15H2,1-2H3. The number of aliphatic hydroxyl groups excluding tert-OH is 1. The van der Waals surface area contributed by atoms with Gasteiger partial charge in [-0.2, -0.15) is 10.4 Å². The molecule has 2 aromatic carbocycles. The first-order chi connectivity index (χ1) is 13.1. The van der Waals surface area contributed by atoms with Crippen molar-refractivity contribution in [2.24, 2.45) is 0 Å². The molecule has 5 heteroatoms. The van der Waals surface area contributed by atoms with Gasteiger partial charge in [-0.25, -0.2) is 4.68 Å². The van der Waals surface area contributed by atoms with Crippen LogP contribution >= 0.6 is 0 Å². The molecule has 27 heavy (non-hydrogen) atoms. The van der Waals surface area contributed by atoms with Gasteiger partial charge in [0.15, 0.2) is 0 Å². The lowest BCUT2D eigenvalue weighted by atomic mass is 10.1. The number of aliphatic hydroxyl groups is 1. The maximum atomic E-state index is 9.52. The average molecular weight is 361 g/mol. The van der Waals surface area contributed by atoms with Crippen LogP contribution in [0.3, 0.4) is 0 Å². The number of aryl methyl sites for hydroxylation is 2. The molecule has 1 aromatic heterocycles. The molecule has 0 spiro atoms. The van der Waals surface area contributed by atoms with Crippen molar-refractivity contribution in [3.05, 3.63) is 77.1 Å². The fraction of sp³-hybridized carbons (Fsp3) is 0.273. The highest BCUT2D eigenvalue weighted by Gasteiger charge is 2.17. The van der Waals surface area contributed by atoms with Crippen LogP contribution < -0.4 is 4.74 Å². The lowest BCUT2D eigenvalue weighted by Crippen LogP contribution is -2.07. The Hall–Kier alpha value is -3.10. The molecule has 0 amide bonds. The lowest BCUT2D eigenvalue weighted by Gasteiger charge is -2.11. The third-order valence-electron chi connectivity index (χ3n) is 4.42. The van der Waals surface area contributed by atoms with E-state index in [4.69, 9.17) is 4.74 Å². The molecule has 1 atom stereocenters. The van der Waals surface area contributed by atoms with Crippen molar-refractivity contribution in [2.45, 2.75) is 39.4 Å². The second kappa shape index (κ2) is 8.52. The molecule has 0 aliphatic heterocycles. The molecule has 0 aliphatic carbocycles. The molecule has 5 nitrogen and oxygen atoms in total. The second-order valence-electron chi connectivity index (χ2n) is 6.59. The van der Waals surface area contributed by atoms with E-state index in [-0.39, 0.29) is 12.7 Å². The van der Waals surface area contributed by atoms with Gasteiger partial charge in [-0.3, -0.25) is 0 Å². The van der Waals surface area contributed by atoms with Gasteiger partial charge in [0, 0.05) is 0 Å². The van der Waals surface area contributed by atoms with E-state index >= 15 is 0 Å². The van der Waals surface area contributed by atoms with E-state index in [1.807, 2.05) is 61.5 Å². The molecular formula is C22H23N3O2. The van der Waals surface area contributed by atoms with E-state index in [0.717, 1.165) is 35.5 Å². The van der Waals surface area contributed by atoms with Crippen LogP contribution in [0, 0.1) is 18.3 Å². The van der Waals surface area contributed by atoms with Crippen LogP contribution in [0.1, 0.15) is 35.9 Å². The SMILES string of the molecule is Cc1nn(-c2ccccc2)c(COc2ccc(CCC(C)O)cc2)c1C#N. The summed E-state index contributed by atoms with van der Waals surface area (Å²) in [6.07, 6.45) is 1.27. The number of benzene rings is 2. The van der Waals surface area contributed by atoms with E-state index < -0.39 is 0 Å². The van der Waals surface area contributed by atoms with E-state index in [1.165, 1.54) is 0 Å². The minimum atomic E-state index is -0.299. The van der Waals surface area contributed by atoms with E-state index in [1.54, 1.807) is 11.6 Å². The summed E-state index contributed by atoms with van der Waals surface area (Å²) in [5.41, 5.74) is 4.03. The van der Waals surface area contributed by atoms with E-state index in [0.29, 0.717) is 11.3 Å². The first-order valence-electron chi connectivity index (χ1n) is 9.02. The van der Waals surface area contributed by atoms with Crippen molar-refractivity contribution < 1.29 is 9.84 Å². The summed E-state index contributed by atoms with van der Waals surface area (Å²) in [7, 11) is 0. The van der Waals surface area contributed by atoms with Gasteiger partial charge in [0.1, 0.15) is 24.0 Å². The quantitative estimate of drug-likeness (QED) is 0.692. The smallest absolute Gasteiger partial charge is 0.132 e. The predicted molar refractivity (Wildman–Crippen MR) is 104 cm³/mol. The maximum absolute atomic E-state index is 9.52. The minimum absolute atomic E-state index is 0.256. The summed E-state index contributed by atoms with van der Waals surface area (Å²) in [4.78, 5) is 0. The molecule has 3 aromatic rings. The number of hydrogen-bond acceptors (Lipinski definition) is 4. The Labute approximate surface area is 159 Å². The van der Waals surface area contributed by atoms with Crippen LogP contribution in [-0.4, -0.2) is 21.0 Å². The first-order valence-corrected chi connectivity index (χ1v) is 9.02. The van der Waals surface area contributed by atoms with Crippen molar-refractivity contribution in [1.82, 2.24) is 9.78 Å². The number of nitrogens with zero attached hydrogens (tertiary/aromatic N) is 3. The average Bonchev–Trinajstić information content (AvgIpc) is 3.01. The molecule has 3 rings (SSSR count). The topological polar surface area (TPSA) is 71.1 Å². The predicted octanol–water partition coefficient (Wildman–Crippen LogP) is 3.94. The summed E-state index contributed by atoms with van der Waals surface area (Å²) < 4.78 is 7.70. The van der Waals surface area contributed by atoms with Gasteiger partial charge in [0.2, 0.25) is 0 Å². The summed E-state index contributed by atoms with van der Waals surface area (Å²) in [6, 6.07) is 19.8. The molecular weight excluding hydrogens is 338 g/mol. The molecule has 1 N–H and O–H groups in total. The van der Waals surface area contributed by atoms with Crippen molar-refractivity contribution in [3.63, 3.8) is 0 Å². The third-order valence-corrected chi connectivity index (χ3v) is 4.42. The number of rotatable bonds is 7. The Bertz CT molecular complexity index is 923. The fourth-order valence-electron chi connectivity index (χ4n) is 2.92. The van der Waals surface area contributed by atoms with Crippen LogP contribution in [0.5, 0.6) is 5.75 Å². The Morgan fingerprint density at radius 1 is 1.15 bits per heavy atom. The summed E-state index contributed by atoms with van der Waals surface area (Å²) in [5.74, 6) is 0.734. The summed E-state index contributed by atoms with van der Waals surface area (Å²) >= 11 is 0. The monoisotopic (exact) mass is 361 g/mol. The van der Waals surface area contributed by atoms with Crippen LogP contribution in [0.2, 0.25) is 0 Å². The molecule has 1 heterocycles. The van der Waals surface area contributed by atoms with E-state index in [9.17, 15) is 10.4 Å². The minimum Gasteiger partial charge on any atom is -0.487 e. The maximum Gasteiger partial charge on any atom is 0.132 e. The Kier molecular flexibility index (Phi) is 5.90. The van der Waals surface area contributed by atoms with Crippen molar-refractivity contribution in [3.8, 4) is 17.5 Å². The molecule has 1 unspecified atom stereocenters.